The first kappa shape index (κ1) is 8.59. The van der Waals surface area contributed by atoms with E-state index in [4.69, 9.17) is 4.74 Å². The van der Waals surface area contributed by atoms with Gasteiger partial charge in [0.2, 0.25) is 0 Å². The maximum atomic E-state index is 11.0. The molecule has 0 aromatic rings. The number of thioether (sulfide) groups is 1. The summed E-state index contributed by atoms with van der Waals surface area (Å²) in [5.41, 5.74) is 0. The van der Waals surface area contributed by atoms with Crippen LogP contribution in [-0.4, -0.2) is 29.4 Å². The number of hydrogen-bond donors (Lipinski definition) is 0. The van der Waals surface area contributed by atoms with Crippen molar-refractivity contribution in [1.82, 2.24) is 0 Å². The predicted octanol–water partition coefficient (Wildman–Crippen LogP) is 0.624. The van der Waals surface area contributed by atoms with Crippen molar-refractivity contribution in [3.63, 3.8) is 0 Å². The molecule has 1 rings (SSSR count). The van der Waals surface area contributed by atoms with E-state index in [-0.39, 0.29) is 11.8 Å². The van der Waals surface area contributed by atoms with Gasteiger partial charge in [0.25, 0.3) is 0 Å². The fourth-order valence-corrected chi connectivity index (χ4v) is 1.98. The summed E-state index contributed by atoms with van der Waals surface area (Å²) < 4.78 is 4.72. The van der Waals surface area contributed by atoms with Gasteiger partial charge in [0, 0.05) is 12.2 Å². The summed E-state index contributed by atoms with van der Waals surface area (Å²) in [7, 11) is 0. The number of carbonyl (C=O) groups excluding carboxylic acids is 2. The highest BCUT2D eigenvalue weighted by atomic mass is 32.2. The smallest absolute Gasteiger partial charge is 0.326 e. The fraction of sp³-hybridized carbons (Fsp3) is 0.714. The summed E-state index contributed by atoms with van der Waals surface area (Å²) in [6.07, 6.45) is 0.508. The minimum atomic E-state index is -0.532. The van der Waals surface area contributed by atoms with Gasteiger partial charge in [0.05, 0.1) is 6.61 Å². The third-order valence-electron chi connectivity index (χ3n) is 1.43. The van der Waals surface area contributed by atoms with E-state index in [1.807, 2.05) is 0 Å². The molecule has 0 aromatic heterocycles. The van der Waals surface area contributed by atoms with Crippen LogP contribution in [0.1, 0.15) is 13.3 Å². The monoisotopic (exact) mass is 174 g/mol. The predicted molar refractivity (Wildman–Crippen MR) is 42.5 cm³/mol. The second-order valence-corrected chi connectivity index (χ2v) is 3.43. The Balaban J connectivity index is 2.46. The highest BCUT2D eigenvalue weighted by Gasteiger charge is 2.32. The summed E-state index contributed by atoms with van der Waals surface area (Å²) in [5, 5.41) is -0.532. The highest BCUT2D eigenvalue weighted by Crippen LogP contribution is 2.23. The van der Waals surface area contributed by atoms with Crippen molar-refractivity contribution in [2.24, 2.45) is 0 Å². The number of carbonyl (C=O) groups is 2. The molecule has 1 aliphatic heterocycles. The van der Waals surface area contributed by atoms with Gasteiger partial charge in [-0.15, -0.1) is 11.8 Å². The SMILES string of the molecule is CCOC(=O)[C@H]1SCCC1=O. The quantitative estimate of drug-likeness (QED) is 0.455. The molecule has 1 heterocycles. The molecule has 1 saturated heterocycles. The van der Waals surface area contributed by atoms with E-state index < -0.39 is 5.25 Å². The normalized spacial score (nSPS) is 23.7. The standard InChI is InChI=1S/C7H10O3S/c1-2-10-7(9)6-5(8)3-4-11-6/h6H,2-4H2,1H3/t6-/m0/s1. The Labute approximate surface area is 69.5 Å². The van der Waals surface area contributed by atoms with Gasteiger partial charge in [-0.2, -0.15) is 0 Å². The van der Waals surface area contributed by atoms with Gasteiger partial charge in [-0.3, -0.25) is 9.59 Å². The van der Waals surface area contributed by atoms with E-state index in [1.165, 1.54) is 11.8 Å². The number of ketones is 1. The minimum absolute atomic E-state index is 0.00782. The molecule has 0 amide bonds. The van der Waals surface area contributed by atoms with Crippen LogP contribution in [0.4, 0.5) is 0 Å². The molecule has 0 radical (unpaired) electrons. The fourth-order valence-electron chi connectivity index (χ4n) is 0.919. The van der Waals surface area contributed by atoms with E-state index in [9.17, 15) is 9.59 Å². The summed E-state index contributed by atoms with van der Waals surface area (Å²) in [4.78, 5) is 22.0. The molecule has 0 unspecified atom stereocenters. The van der Waals surface area contributed by atoms with Crippen molar-refractivity contribution in [3.8, 4) is 0 Å². The molecular weight excluding hydrogens is 164 g/mol. The minimum Gasteiger partial charge on any atom is -0.465 e. The molecule has 0 N–H and O–H groups in total. The maximum absolute atomic E-state index is 11.0. The number of rotatable bonds is 2. The molecule has 1 aliphatic rings. The Kier molecular flexibility index (Phi) is 2.93. The molecule has 0 saturated carbocycles. The molecular formula is C7H10O3S. The van der Waals surface area contributed by atoms with Gasteiger partial charge in [0.1, 0.15) is 0 Å². The molecule has 0 spiro atoms. The first-order valence-electron chi connectivity index (χ1n) is 3.56. The van der Waals surface area contributed by atoms with Crippen molar-refractivity contribution in [2.45, 2.75) is 18.6 Å². The van der Waals surface area contributed by atoms with Crippen LogP contribution >= 0.6 is 11.8 Å². The lowest BCUT2D eigenvalue weighted by Gasteiger charge is -2.04. The van der Waals surface area contributed by atoms with Gasteiger partial charge >= 0.3 is 5.97 Å². The van der Waals surface area contributed by atoms with Crippen LogP contribution < -0.4 is 0 Å². The van der Waals surface area contributed by atoms with E-state index in [2.05, 4.69) is 0 Å². The Hall–Kier alpha value is -0.510. The lowest BCUT2D eigenvalue weighted by molar-refractivity contribution is -0.144. The highest BCUT2D eigenvalue weighted by molar-refractivity contribution is 8.01. The lowest BCUT2D eigenvalue weighted by Crippen LogP contribution is -2.24. The second-order valence-electron chi connectivity index (χ2n) is 2.22. The zero-order chi connectivity index (χ0) is 8.27. The summed E-state index contributed by atoms with van der Waals surface area (Å²) in [5.74, 6) is 0.385. The zero-order valence-electron chi connectivity index (χ0n) is 6.33. The topological polar surface area (TPSA) is 43.4 Å². The van der Waals surface area contributed by atoms with E-state index in [0.717, 1.165) is 5.75 Å². The van der Waals surface area contributed by atoms with Gasteiger partial charge in [-0.1, -0.05) is 0 Å². The first-order chi connectivity index (χ1) is 5.25. The molecule has 11 heavy (non-hydrogen) atoms. The Morgan fingerprint density at radius 2 is 2.55 bits per heavy atom. The first-order valence-corrected chi connectivity index (χ1v) is 4.61. The molecule has 0 aliphatic carbocycles. The van der Waals surface area contributed by atoms with E-state index in [1.54, 1.807) is 6.92 Å². The van der Waals surface area contributed by atoms with Crippen molar-refractivity contribution in [3.05, 3.63) is 0 Å². The van der Waals surface area contributed by atoms with Gasteiger partial charge in [-0.25, -0.2) is 0 Å². The molecule has 3 nitrogen and oxygen atoms in total. The number of ether oxygens (including phenoxy) is 1. The van der Waals surface area contributed by atoms with Crippen LogP contribution in [0.5, 0.6) is 0 Å². The largest absolute Gasteiger partial charge is 0.465 e. The van der Waals surface area contributed by atoms with E-state index >= 15 is 0 Å². The number of esters is 1. The third-order valence-corrected chi connectivity index (χ3v) is 2.65. The van der Waals surface area contributed by atoms with Crippen LogP contribution in [0.2, 0.25) is 0 Å². The van der Waals surface area contributed by atoms with Gasteiger partial charge < -0.3 is 4.74 Å². The van der Waals surface area contributed by atoms with Crippen molar-refractivity contribution in [2.75, 3.05) is 12.4 Å². The van der Waals surface area contributed by atoms with Crippen molar-refractivity contribution >= 4 is 23.5 Å². The average Bonchev–Trinajstić information content (AvgIpc) is 2.36. The van der Waals surface area contributed by atoms with Gasteiger partial charge in [-0.05, 0) is 6.92 Å². The van der Waals surface area contributed by atoms with Crippen molar-refractivity contribution < 1.29 is 14.3 Å². The molecule has 62 valence electrons. The molecule has 0 bridgehead atoms. The number of Topliss-reactive ketones (excluding diaryl/α,β-unsaturated/α-hetero) is 1. The lowest BCUT2D eigenvalue weighted by atomic mass is 10.2. The Bertz CT molecular complexity index is 179. The van der Waals surface area contributed by atoms with Gasteiger partial charge in [0.15, 0.2) is 11.0 Å². The van der Waals surface area contributed by atoms with Crippen LogP contribution in [-0.2, 0) is 14.3 Å². The van der Waals surface area contributed by atoms with Crippen LogP contribution in [0, 0.1) is 0 Å². The Morgan fingerprint density at radius 1 is 1.82 bits per heavy atom. The second kappa shape index (κ2) is 3.76. The summed E-state index contributed by atoms with van der Waals surface area (Å²) in [6.45, 7) is 2.09. The molecule has 1 fully saturated rings. The molecule has 4 heteroatoms. The van der Waals surface area contributed by atoms with Crippen LogP contribution in [0.25, 0.3) is 0 Å². The number of hydrogen-bond acceptors (Lipinski definition) is 4. The molecule has 0 aromatic carbocycles. The van der Waals surface area contributed by atoms with Crippen LogP contribution in [0.15, 0.2) is 0 Å². The third kappa shape index (κ3) is 1.96. The maximum Gasteiger partial charge on any atom is 0.326 e. The molecule has 1 atom stereocenters. The summed E-state index contributed by atoms with van der Waals surface area (Å²) in [6, 6.07) is 0. The average molecular weight is 174 g/mol. The van der Waals surface area contributed by atoms with E-state index in [0.29, 0.717) is 13.0 Å². The Morgan fingerprint density at radius 3 is 3.00 bits per heavy atom. The van der Waals surface area contributed by atoms with Crippen molar-refractivity contribution in [1.29, 1.82) is 0 Å². The zero-order valence-corrected chi connectivity index (χ0v) is 7.15. The summed E-state index contributed by atoms with van der Waals surface area (Å²) >= 11 is 1.37. The van der Waals surface area contributed by atoms with Crippen LogP contribution in [0.3, 0.4) is 0 Å².